The number of carbonyl (C=O) groups is 2. The normalized spacial score (nSPS) is 15.5. The van der Waals surface area contributed by atoms with Crippen molar-refractivity contribution >= 4 is 39.1 Å². The molecule has 2 amide bonds. The summed E-state index contributed by atoms with van der Waals surface area (Å²) in [6, 6.07) is 1.90. The van der Waals surface area contributed by atoms with Crippen molar-refractivity contribution in [1.29, 1.82) is 0 Å². The molecule has 0 aromatic carbocycles. The van der Waals surface area contributed by atoms with Gasteiger partial charge in [-0.05, 0) is 46.1 Å². The van der Waals surface area contributed by atoms with Gasteiger partial charge in [-0.2, -0.15) is 5.10 Å². The van der Waals surface area contributed by atoms with Crippen LogP contribution in [0.3, 0.4) is 0 Å². The molecule has 2 aromatic rings. The van der Waals surface area contributed by atoms with Crippen LogP contribution in [0.5, 0.6) is 0 Å². The lowest BCUT2D eigenvalue weighted by Crippen LogP contribution is -2.41. The number of carbonyl (C=O) groups excluding carboxylic acids is 2. The molecule has 0 spiro atoms. The van der Waals surface area contributed by atoms with Gasteiger partial charge in [-0.25, -0.2) is 0 Å². The molecule has 8 heteroatoms. The molecular formula is C16H19BrN4O2S. The minimum Gasteiger partial charge on any atom is -0.352 e. The fourth-order valence-electron chi connectivity index (χ4n) is 2.81. The molecule has 3 heterocycles. The summed E-state index contributed by atoms with van der Waals surface area (Å²) in [5.74, 6) is 0.403. The maximum Gasteiger partial charge on any atom is 0.265 e. The predicted molar refractivity (Wildman–Crippen MR) is 96.2 cm³/mol. The fraction of sp³-hybridized carbons (Fsp3) is 0.438. The van der Waals surface area contributed by atoms with E-state index in [9.17, 15) is 9.59 Å². The zero-order valence-corrected chi connectivity index (χ0v) is 15.8. The van der Waals surface area contributed by atoms with Crippen molar-refractivity contribution < 1.29 is 9.59 Å². The Kier molecular flexibility index (Phi) is 5.35. The first-order valence-electron chi connectivity index (χ1n) is 7.83. The van der Waals surface area contributed by atoms with Gasteiger partial charge in [-0.3, -0.25) is 14.3 Å². The third-order valence-corrected chi connectivity index (χ3v) is 6.06. The van der Waals surface area contributed by atoms with Gasteiger partial charge in [0.1, 0.15) is 4.88 Å². The van der Waals surface area contributed by atoms with E-state index in [1.165, 1.54) is 11.3 Å². The van der Waals surface area contributed by atoms with E-state index in [0.29, 0.717) is 18.0 Å². The number of amides is 2. The number of halogens is 1. The summed E-state index contributed by atoms with van der Waals surface area (Å²) in [5.41, 5.74) is 0.577. The van der Waals surface area contributed by atoms with E-state index in [0.717, 1.165) is 35.3 Å². The van der Waals surface area contributed by atoms with Crippen molar-refractivity contribution in [3.05, 3.63) is 38.8 Å². The Labute approximate surface area is 153 Å². The summed E-state index contributed by atoms with van der Waals surface area (Å²) in [4.78, 5) is 27.2. The van der Waals surface area contributed by atoms with Crippen LogP contribution in [0.15, 0.2) is 28.3 Å². The third-order valence-electron chi connectivity index (χ3n) is 4.23. The van der Waals surface area contributed by atoms with Crippen molar-refractivity contribution in [3.63, 3.8) is 0 Å². The van der Waals surface area contributed by atoms with Gasteiger partial charge in [0.15, 0.2) is 0 Å². The molecule has 6 nitrogen and oxygen atoms in total. The van der Waals surface area contributed by atoms with Crippen LogP contribution in [0, 0.1) is 5.92 Å². The molecule has 1 fully saturated rings. The summed E-state index contributed by atoms with van der Waals surface area (Å²) < 4.78 is 2.48. The third kappa shape index (κ3) is 3.87. The van der Waals surface area contributed by atoms with E-state index < -0.39 is 0 Å². The van der Waals surface area contributed by atoms with Crippen molar-refractivity contribution in [2.45, 2.75) is 12.8 Å². The van der Waals surface area contributed by atoms with Gasteiger partial charge < -0.3 is 10.2 Å². The first kappa shape index (κ1) is 17.2. The number of nitrogens with one attached hydrogen (secondary N) is 1. The lowest BCUT2D eigenvalue weighted by molar-refractivity contribution is 0.0688. The van der Waals surface area contributed by atoms with Gasteiger partial charge >= 0.3 is 0 Å². The number of hydrogen-bond acceptors (Lipinski definition) is 4. The van der Waals surface area contributed by atoms with Gasteiger partial charge in [-0.15, -0.1) is 11.3 Å². The van der Waals surface area contributed by atoms with Crippen LogP contribution in [-0.4, -0.2) is 46.1 Å². The van der Waals surface area contributed by atoms with Crippen LogP contribution in [-0.2, 0) is 7.05 Å². The maximum atomic E-state index is 12.5. The zero-order chi connectivity index (χ0) is 17.1. The highest BCUT2D eigenvalue weighted by atomic mass is 79.9. The summed E-state index contributed by atoms with van der Waals surface area (Å²) in [7, 11) is 1.79. The molecule has 0 aliphatic carbocycles. The number of nitrogens with zero attached hydrogens (tertiary/aromatic N) is 3. The second-order valence-corrected chi connectivity index (χ2v) is 7.72. The lowest BCUT2D eigenvalue weighted by atomic mass is 9.96. The summed E-state index contributed by atoms with van der Waals surface area (Å²) in [6.07, 6.45) is 5.08. The Morgan fingerprint density at radius 2 is 2.17 bits per heavy atom. The van der Waals surface area contributed by atoms with Gasteiger partial charge in [-0.1, -0.05) is 0 Å². The molecule has 0 radical (unpaired) electrons. The van der Waals surface area contributed by atoms with Crippen LogP contribution >= 0.6 is 27.3 Å². The van der Waals surface area contributed by atoms with Gasteiger partial charge in [0.05, 0.1) is 11.8 Å². The molecule has 0 bridgehead atoms. The van der Waals surface area contributed by atoms with Crippen LogP contribution in [0.4, 0.5) is 0 Å². The monoisotopic (exact) mass is 410 g/mol. The van der Waals surface area contributed by atoms with E-state index >= 15 is 0 Å². The molecule has 1 aliphatic heterocycles. The Morgan fingerprint density at radius 1 is 1.42 bits per heavy atom. The van der Waals surface area contributed by atoms with Crippen LogP contribution in [0.25, 0.3) is 0 Å². The minimum atomic E-state index is -0.0934. The molecule has 1 N–H and O–H groups in total. The molecule has 1 aliphatic rings. The second kappa shape index (κ2) is 7.48. The average Bonchev–Trinajstić information content (AvgIpc) is 3.21. The maximum absolute atomic E-state index is 12.5. The van der Waals surface area contributed by atoms with E-state index in [1.807, 2.05) is 16.3 Å². The van der Waals surface area contributed by atoms with Crippen LogP contribution in [0.2, 0.25) is 0 Å². The topological polar surface area (TPSA) is 67.2 Å². The molecule has 3 rings (SSSR count). The van der Waals surface area contributed by atoms with Crippen LogP contribution < -0.4 is 5.32 Å². The number of thiophene rings is 1. The van der Waals surface area contributed by atoms with E-state index in [1.54, 1.807) is 24.1 Å². The highest BCUT2D eigenvalue weighted by Crippen LogP contribution is 2.26. The highest BCUT2D eigenvalue weighted by Gasteiger charge is 2.25. The van der Waals surface area contributed by atoms with Crippen molar-refractivity contribution in [2.75, 3.05) is 19.6 Å². The van der Waals surface area contributed by atoms with Gasteiger partial charge in [0.25, 0.3) is 11.8 Å². The Morgan fingerprint density at radius 3 is 2.75 bits per heavy atom. The standard InChI is InChI=1S/C16H19BrN4O2S/c1-20-10-12(9-19-20)15(22)18-8-11-2-5-21(6-3-11)16(23)14-13(17)4-7-24-14/h4,7,9-11H,2-3,5-6,8H2,1H3,(H,18,22). The van der Waals surface area contributed by atoms with Crippen molar-refractivity contribution in [1.82, 2.24) is 20.0 Å². The van der Waals surface area contributed by atoms with E-state index in [2.05, 4.69) is 26.3 Å². The van der Waals surface area contributed by atoms with Crippen molar-refractivity contribution in [2.24, 2.45) is 13.0 Å². The number of rotatable bonds is 4. The number of hydrogen-bond donors (Lipinski definition) is 1. The minimum absolute atomic E-state index is 0.0923. The summed E-state index contributed by atoms with van der Waals surface area (Å²) in [6.45, 7) is 2.10. The first-order valence-corrected chi connectivity index (χ1v) is 9.51. The van der Waals surface area contributed by atoms with E-state index in [4.69, 9.17) is 0 Å². The van der Waals surface area contributed by atoms with E-state index in [-0.39, 0.29) is 11.8 Å². The summed E-state index contributed by atoms with van der Waals surface area (Å²) >= 11 is 4.88. The number of likely N-dealkylation sites (tertiary alicyclic amines) is 1. The van der Waals surface area contributed by atoms with Crippen LogP contribution in [0.1, 0.15) is 32.9 Å². The SMILES string of the molecule is Cn1cc(C(=O)NCC2CCN(C(=O)c3sccc3Br)CC2)cn1. The Bertz CT molecular complexity index is 734. The summed E-state index contributed by atoms with van der Waals surface area (Å²) in [5, 5.41) is 8.88. The quantitative estimate of drug-likeness (QED) is 0.841. The Balaban J connectivity index is 1.46. The molecule has 0 atom stereocenters. The number of aryl methyl sites for hydroxylation is 1. The number of piperidine rings is 1. The second-order valence-electron chi connectivity index (χ2n) is 5.95. The molecule has 0 unspecified atom stereocenters. The average molecular weight is 411 g/mol. The molecule has 128 valence electrons. The molecular weight excluding hydrogens is 392 g/mol. The first-order chi connectivity index (χ1) is 11.5. The fourth-order valence-corrected chi connectivity index (χ4v) is 4.32. The molecule has 2 aromatic heterocycles. The molecule has 24 heavy (non-hydrogen) atoms. The predicted octanol–water partition coefficient (Wildman–Crippen LogP) is 2.53. The van der Waals surface area contributed by atoms with Gasteiger partial charge in [0.2, 0.25) is 0 Å². The zero-order valence-electron chi connectivity index (χ0n) is 13.4. The van der Waals surface area contributed by atoms with Crippen molar-refractivity contribution in [3.8, 4) is 0 Å². The molecule has 0 saturated carbocycles. The largest absolute Gasteiger partial charge is 0.352 e. The Hall–Kier alpha value is -1.67. The lowest BCUT2D eigenvalue weighted by Gasteiger charge is -2.31. The number of aromatic nitrogens is 2. The smallest absolute Gasteiger partial charge is 0.265 e. The van der Waals surface area contributed by atoms with Gasteiger partial charge in [0, 0.05) is 37.4 Å². The molecule has 1 saturated heterocycles. The highest BCUT2D eigenvalue weighted by molar-refractivity contribution is 9.10.